The van der Waals surface area contributed by atoms with E-state index >= 15 is 0 Å². The van der Waals surface area contributed by atoms with Crippen LogP contribution < -0.4 is 10.2 Å². The van der Waals surface area contributed by atoms with Crippen molar-refractivity contribution in [2.45, 2.75) is 19.9 Å². The van der Waals surface area contributed by atoms with Crippen LogP contribution in [0, 0.1) is 6.92 Å². The van der Waals surface area contributed by atoms with Gasteiger partial charge in [0.05, 0.1) is 29.5 Å². The van der Waals surface area contributed by atoms with Crippen LogP contribution in [0.25, 0.3) is 10.9 Å². The first-order valence-corrected chi connectivity index (χ1v) is 11.9. The number of pyridine rings is 1. The summed E-state index contributed by atoms with van der Waals surface area (Å²) in [7, 11) is 0. The lowest BCUT2D eigenvalue weighted by Gasteiger charge is -2.37. The Bertz CT molecular complexity index is 1260. The molecule has 0 saturated carbocycles. The van der Waals surface area contributed by atoms with Gasteiger partial charge in [-0.15, -0.1) is 0 Å². The number of para-hydroxylation sites is 1. The number of fused-ring (bicyclic) bond motifs is 1. The number of carbonyl (C=O) groups is 1. The van der Waals surface area contributed by atoms with Crippen LogP contribution in [0.15, 0.2) is 85.1 Å². The summed E-state index contributed by atoms with van der Waals surface area (Å²) < 4.78 is 0. The summed E-state index contributed by atoms with van der Waals surface area (Å²) in [6, 6.07) is 26.9. The zero-order chi connectivity index (χ0) is 23.3. The minimum Gasteiger partial charge on any atom is -0.367 e. The van der Waals surface area contributed by atoms with Crippen LogP contribution in [0.2, 0.25) is 0 Å². The number of amides is 1. The normalized spacial score (nSPS) is 14.3. The molecule has 0 radical (unpaired) electrons. The fourth-order valence-electron chi connectivity index (χ4n) is 4.62. The van der Waals surface area contributed by atoms with E-state index < -0.39 is 0 Å². The fraction of sp³-hybridized carbons (Fsp3) is 0.241. The van der Waals surface area contributed by atoms with Gasteiger partial charge in [-0.1, -0.05) is 78.4 Å². The van der Waals surface area contributed by atoms with Gasteiger partial charge in [0.1, 0.15) is 0 Å². The maximum absolute atomic E-state index is 12.9. The molecule has 5 heteroatoms. The van der Waals surface area contributed by atoms with Crippen molar-refractivity contribution >= 4 is 28.2 Å². The topological polar surface area (TPSA) is 48.5 Å². The van der Waals surface area contributed by atoms with E-state index in [-0.39, 0.29) is 5.91 Å². The molecular weight excluding hydrogens is 420 g/mol. The van der Waals surface area contributed by atoms with E-state index in [4.69, 9.17) is 0 Å². The number of aromatic nitrogens is 1. The number of nitrogens with zero attached hydrogens (tertiary/aromatic N) is 3. The van der Waals surface area contributed by atoms with Gasteiger partial charge in [-0.05, 0) is 24.1 Å². The largest absolute Gasteiger partial charge is 0.367 e. The quantitative estimate of drug-likeness (QED) is 0.447. The highest BCUT2D eigenvalue weighted by Gasteiger charge is 2.22. The Balaban J connectivity index is 1.35. The highest BCUT2D eigenvalue weighted by atomic mass is 16.1. The van der Waals surface area contributed by atoms with Crippen molar-refractivity contribution in [1.82, 2.24) is 9.88 Å². The van der Waals surface area contributed by atoms with Gasteiger partial charge in [0.2, 0.25) is 5.91 Å². The van der Waals surface area contributed by atoms with Crippen molar-refractivity contribution in [2.24, 2.45) is 0 Å². The summed E-state index contributed by atoms with van der Waals surface area (Å²) in [5.41, 5.74) is 6.34. The summed E-state index contributed by atoms with van der Waals surface area (Å²) in [6.45, 7) is 6.77. The number of aryl methyl sites for hydroxylation is 1. The second kappa shape index (κ2) is 10.1. The molecule has 1 fully saturated rings. The smallest absolute Gasteiger partial charge is 0.228 e. The lowest BCUT2D eigenvalue weighted by Crippen LogP contribution is -2.46. The highest BCUT2D eigenvalue weighted by Crippen LogP contribution is 2.34. The second-order valence-electron chi connectivity index (χ2n) is 9.00. The molecule has 0 unspecified atom stereocenters. The van der Waals surface area contributed by atoms with Crippen molar-refractivity contribution in [3.05, 3.63) is 102 Å². The van der Waals surface area contributed by atoms with E-state index in [0.29, 0.717) is 6.42 Å². The molecule has 0 atom stereocenters. The molecule has 4 aromatic rings. The first kappa shape index (κ1) is 22.1. The zero-order valence-corrected chi connectivity index (χ0v) is 19.6. The molecule has 1 aliphatic rings. The number of anilines is 2. The predicted molar refractivity (Wildman–Crippen MR) is 139 cm³/mol. The Kier molecular flexibility index (Phi) is 6.54. The van der Waals surface area contributed by atoms with E-state index in [0.717, 1.165) is 60.6 Å². The van der Waals surface area contributed by atoms with Gasteiger partial charge < -0.3 is 10.2 Å². The average molecular weight is 451 g/mol. The van der Waals surface area contributed by atoms with Gasteiger partial charge in [-0.3, -0.25) is 14.7 Å². The maximum atomic E-state index is 12.9. The summed E-state index contributed by atoms with van der Waals surface area (Å²) in [5.74, 6) is -0.0232. The van der Waals surface area contributed by atoms with E-state index in [1.54, 1.807) is 6.20 Å². The van der Waals surface area contributed by atoms with Gasteiger partial charge in [0.25, 0.3) is 0 Å². The highest BCUT2D eigenvalue weighted by molar-refractivity contribution is 6.03. The Morgan fingerprint density at radius 1 is 0.853 bits per heavy atom. The van der Waals surface area contributed by atoms with Gasteiger partial charge in [-0.2, -0.15) is 0 Å². The van der Waals surface area contributed by atoms with E-state index in [9.17, 15) is 4.79 Å². The molecule has 172 valence electrons. The number of rotatable bonds is 6. The zero-order valence-electron chi connectivity index (χ0n) is 19.6. The van der Waals surface area contributed by atoms with Gasteiger partial charge >= 0.3 is 0 Å². The van der Waals surface area contributed by atoms with Crippen LogP contribution in [0.5, 0.6) is 0 Å². The van der Waals surface area contributed by atoms with Gasteiger partial charge in [0, 0.05) is 38.1 Å². The Morgan fingerprint density at radius 2 is 1.56 bits per heavy atom. The molecule has 1 aliphatic heterocycles. The van der Waals surface area contributed by atoms with E-state index in [1.165, 1.54) is 11.1 Å². The van der Waals surface area contributed by atoms with Crippen molar-refractivity contribution in [3.8, 4) is 0 Å². The van der Waals surface area contributed by atoms with Crippen LogP contribution in [0.4, 0.5) is 11.4 Å². The Morgan fingerprint density at radius 3 is 2.32 bits per heavy atom. The van der Waals surface area contributed by atoms with Crippen molar-refractivity contribution in [1.29, 1.82) is 0 Å². The minimum absolute atomic E-state index is 0.0232. The summed E-state index contributed by atoms with van der Waals surface area (Å²) in [6.07, 6.45) is 2.15. The van der Waals surface area contributed by atoms with Crippen LogP contribution >= 0.6 is 0 Å². The monoisotopic (exact) mass is 450 g/mol. The first-order chi connectivity index (χ1) is 16.7. The van der Waals surface area contributed by atoms with E-state index in [1.807, 2.05) is 42.5 Å². The molecule has 2 heterocycles. The molecule has 1 amide bonds. The predicted octanol–water partition coefficient (Wildman–Crippen LogP) is 5.05. The van der Waals surface area contributed by atoms with Crippen LogP contribution in [-0.2, 0) is 17.8 Å². The molecule has 1 saturated heterocycles. The lowest BCUT2D eigenvalue weighted by molar-refractivity contribution is -0.115. The van der Waals surface area contributed by atoms with Crippen molar-refractivity contribution in [3.63, 3.8) is 0 Å². The van der Waals surface area contributed by atoms with Crippen molar-refractivity contribution in [2.75, 3.05) is 36.4 Å². The number of hydrogen-bond donors (Lipinski definition) is 1. The standard InChI is InChI=1S/C29H30N4O/c1-22-11-13-23(14-12-22)19-28(34)31-27-20-30-26-10-6-5-9-25(26)29(27)33-17-15-32(16-18-33)21-24-7-3-2-4-8-24/h2-14,20H,15-19,21H2,1H3,(H,31,34). The first-order valence-electron chi connectivity index (χ1n) is 11.9. The number of nitrogens with one attached hydrogen (secondary N) is 1. The molecular formula is C29H30N4O. The SMILES string of the molecule is Cc1ccc(CC(=O)Nc2cnc3ccccc3c2N2CCN(Cc3ccccc3)CC2)cc1. The third-order valence-corrected chi connectivity index (χ3v) is 6.44. The summed E-state index contributed by atoms with van der Waals surface area (Å²) >= 11 is 0. The van der Waals surface area contributed by atoms with Crippen LogP contribution in [0.1, 0.15) is 16.7 Å². The lowest BCUT2D eigenvalue weighted by atomic mass is 10.1. The van der Waals surface area contributed by atoms with Crippen LogP contribution in [-0.4, -0.2) is 42.0 Å². The Labute approximate surface area is 201 Å². The third kappa shape index (κ3) is 5.10. The minimum atomic E-state index is -0.0232. The molecule has 1 N–H and O–H groups in total. The number of carbonyl (C=O) groups excluding carboxylic acids is 1. The van der Waals surface area contributed by atoms with Gasteiger partial charge in [-0.25, -0.2) is 0 Å². The molecule has 0 aliphatic carbocycles. The van der Waals surface area contributed by atoms with Crippen LogP contribution in [0.3, 0.4) is 0 Å². The maximum Gasteiger partial charge on any atom is 0.228 e. The molecule has 3 aromatic carbocycles. The molecule has 5 rings (SSSR count). The summed E-state index contributed by atoms with van der Waals surface area (Å²) in [4.78, 5) is 22.4. The Hall–Kier alpha value is -3.70. The van der Waals surface area contributed by atoms with Gasteiger partial charge in [0.15, 0.2) is 0 Å². The third-order valence-electron chi connectivity index (χ3n) is 6.44. The van der Waals surface area contributed by atoms with Crippen molar-refractivity contribution < 1.29 is 4.79 Å². The molecule has 0 bridgehead atoms. The fourth-order valence-corrected chi connectivity index (χ4v) is 4.62. The second-order valence-corrected chi connectivity index (χ2v) is 9.00. The molecule has 1 aromatic heterocycles. The number of hydrogen-bond acceptors (Lipinski definition) is 4. The average Bonchev–Trinajstić information content (AvgIpc) is 2.87. The molecule has 0 spiro atoms. The molecule has 5 nitrogen and oxygen atoms in total. The summed E-state index contributed by atoms with van der Waals surface area (Å²) in [5, 5.41) is 4.23. The van der Waals surface area contributed by atoms with E-state index in [2.05, 4.69) is 63.4 Å². The number of benzene rings is 3. The molecule has 34 heavy (non-hydrogen) atoms. The number of piperazine rings is 1.